The number of methoxy groups -OCH3 is 1. The van der Waals surface area contributed by atoms with Crippen molar-refractivity contribution in [1.82, 2.24) is 4.98 Å². The van der Waals surface area contributed by atoms with Gasteiger partial charge in [0.1, 0.15) is 5.75 Å². The molecule has 162 valence electrons. The van der Waals surface area contributed by atoms with Crippen LogP contribution in [0.3, 0.4) is 0 Å². The van der Waals surface area contributed by atoms with Crippen molar-refractivity contribution in [3.05, 3.63) is 84.9 Å². The van der Waals surface area contributed by atoms with Crippen molar-refractivity contribution in [1.29, 1.82) is 0 Å². The molecule has 0 unspecified atom stereocenters. The number of ether oxygens (including phenoxy) is 1. The standard InChI is InChI=1S/C26H24N2O2S2/c1-30-21-14-16-22(17-15-21)31-18-8-13-23(29)27-26-28-24(19-9-4-2-5-10-19)25(32-26)20-11-6-3-7-12-20/h2-7,9-12,14-17H,8,13,18H2,1H3,(H,27,28,29). The fraction of sp³-hybridized carbons (Fsp3) is 0.154. The molecule has 0 aliphatic heterocycles. The molecule has 0 bridgehead atoms. The van der Waals surface area contributed by atoms with Crippen LogP contribution >= 0.6 is 23.1 Å². The molecule has 4 rings (SSSR count). The molecule has 3 aromatic carbocycles. The van der Waals surface area contributed by atoms with Gasteiger partial charge in [-0.3, -0.25) is 4.79 Å². The summed E-state index contributed by atoms with van der Waals surface area (Å²) in [5.74, 6) is 1.72. The second-order valence-electron chi connectivity index (χ2n) is 7.10. The highest BCUT2D eigenvalue weighted by Crippen LogP contribution is 2.39. The number of hydrogen-bond acceptors (Lipinski definition) is 5. The highest BCUT2D eigenvalue weighted by atomic mass is 32.2. The molecule has 0 saturated carbocycles. The molecule has 1 heterocycles. The first-order valence-electron chi connectivity index (χ1n) is 10.4. The predicted molar refractivity (Wildman–Crippen MR) is 135 cm³/mol. The molecule has 0 radical (unpaired) electrons. The van der Waals surface area contributed by atoms with E-state index < -0.39 is 0 Å². The molecule has 32 heavy (non-hydrogen) atoms. The molecule has 0 aliphatic carbocycles. The number of carbonyl (C=O) groups excluding carboxylic acids is 1. The van der Waals surface area contributed by atoms with Gasteiger partial charge in [-0.05, 0) is 42.0 Å². The Kier molecular flexibility index (Phi) is 7.59. The summed E-state index contributed by atoms with van der Waals surface area (Å²) in [4.78, 5) is 19.5. The van der Waals surface area contributed by atoms with Gasteiger partial charge in [-0.25, -0.2) is 4.98 Å². The maximum absolute atomic E-state index is 12.5. The minimum atomic E-state index is -0.00620. The summed E-state index contributed by atoms with van der Waals surface area (Å²) in [5, 5.41) is 3.63. The zero-order valence-corrected chi connectivity index (χ0v) is 19.4. The van der Waals surface area contributed by atoms with Gasteiger partial charge in [-0.15, -0.1) is 11.8 Å². The third kappa shape index (κ3) is 5.78. The van der Waals surface area contributed by atoms with Gasteiger partial charge in [0.05, 0.1) is 17.7 Å². The second kappa shape index (κ2) is 11.0. The third-order valence-corrected chi connectivity index (χ3v) is 6.95. The van der Waals surface area contributed by atoms with Crippen LogP contribution in [0.4, 0.5) is 5.13 Å². The molecule has 4 nitrogen and oxygen atoms in total. The van der Waals surface area contributed by atoms with E-state index in [0.29, 0.717) is 11.6 Å². The summed E-state index contributed by atoms with van der Waals surface area (Å²) in [6.07, 6.45) is 1.26. The number of aromatic nitrogens is 1. The van der Waals surface area contributed by atoms with Crippen molar-refractivity contribution in [3.8, 4) is 27.4 Å². The van der Waals surface area contributed by atoms with Crippen LogP contribution in [0.2, 0.25) is 0 Å². The van der Waals surface area contributed by atoms with E-state index in [4.69, 9.17) is 9.72 Å². The monoisotopic (exact) mass is 460 g/mol. The van der Waals surface area contributed by atoms with Gasteiger partial charge in [0.15, 0.2) is 5.13 Å². The average molecular weight is 461 g/mol. The van der Waals surface area contributed by atoms with Crippen LogP contribution < -0.4 is 10.1 Å². The number of hydrogen-bond donors (Lipinski definition) is 1. The normalized spacial score (nSPS) is 10.7. The van der Waals surface area contributed by atoms with Crippen LogP contribution in [-0.2, 0) is 4.79 Å². The number of rotatable bonds is 9. The molecular weight excluding hydrogens is 436 g/mol. The second-order valence-corrected chi connectivity index (χ2v) is 9.27. The Labute approximate surface area is 196 Å². The van der Waals surface area contributed by atoms with Crippen LogP contribution in [0.1, 0.15) is 12.8 Å². The lowest BCUT2D eigenvalue weighted by Gasteiger charge is -2.04. The number of anilines is 1. The van der Waals surface area contributed by atoms with Gasteiger partial charge >= 0.3 is 0 Å². The molecule has 1 N–H and O–H groups in total. The maximum Gasteiger partial charge on any atom is 0.226 e. The van der Waals surface area contributed by atoms with Crippen molar-refractivity contribution in [2.75, 3.05) is 18.2 Å². The van der Waals surface area contributed by atoms with Crippen LogP contribution in [0.15, 0.2) is 89.8 Å². The van der Waals surface area contributed by atoms with Crippen molar-refractivity contribution < 1.29 is 9.53 Å². The van der Waals surface area contributed by atoms with Crippen molar-refractivity contribution in [2.24, 2.45) is 0 Å². The predicted octanol–water partition coefficient (Wildman–Crippen LogP) is 7.00. The topological polar surface area (TPSA) is 51.2 Å². The number of nitrogens with zero attached hydrogens (tertiary/aromatic N) is 1. The van der Waals surface area contributed by atoms with E-state index in [1.165, 1.54) is 16.2 Å². The first-order valence-corrected chi connectivity index (χ1v) is 12.2. The van der Waals surface area contributed by atoms with E-state index in [9.17, 15) is 4.79 Å². The summed E-state index contributed by atoms with van der Waals surface area (Å²) in [6, 6.07) is 28.2. The summed E-state index contributed by atoms with van der Waals surface area (Å²) < 4.78 is 5.18. The number of nitrogens with one attached hydrogen (secondary N) is 1. The minimum Gasteiger partial charge on any atom is -0.497 e. The highest BCUT2D eigenvalue weighted by molar-refractivity contribution is 7.99. The van der Waals surface area contributed by atoms with Gasteiger partial charge in [-0.1, -0.05) is 72.0 Å². The molecule has 6 heteroatoms. The molecule has 0 atom stereocenters. The molecule has 0 aliphatic rings. The summed E-state index contributed by atoms with van der Waals surface area (Å²) in [7, 11) is 1.66. The number of thiazole rings is 1. The zero-order chi connectivity index (χ0) is 22.2. The largest absolute Gasteiger partial charge is 0.497 e. The lowest BCUT2D eigenvalue weighted by molar-refractivity contribution is -0.116. The van der Waals surface area contributed by atoms with E-state index >= 15 is 0 Å². The fourth-order valence-corrected chi connectivity index (χ4v) is 5.09. The average Bonchev–Trinajstić information content (AvgIpc) is 3.27. The van der Waals surface area contributed by atoms with Crippen LogP contribution in [0.5, 0.6) is 5.75 Å². The Hall–Kier alpha value is -3.09. The van der Waals surface area contributed by atoms with Gasteiger partial charge in [0.2, 0.25) is 5.91 Å². The first kappa shape index (κ1) is 22.1. The lowest BCUT2D eigenvalue weighted by atomic mass is 10.1. The molecule has 0 fully saturated rings. The highest BCUT2D eigenvalue weighted by Gasteiger charge is 2.16. The zero-order valence-electron chi connectivity index (χ0n) is 17.8. The Balaban J connectivity index is 1.38. The molecular formula is C26H24N2O2S2. The van der Waals surface area contributed by atoms with E-state index in [0.717, 1.165) is 39.6 Å². The van der Waals surface area contributed by atoms with Crippen LogP contribution in [-0.4, -0.2) is 23.8 Å². The van der Waals surface area contributed by atoms with Gasteiger partial charge in [-0.2, -0.15) is 0 Å². The fourth-order valence-electron chi connectivity index (χ4n) is 3.23. The Morgan fingerprint density at radius 1 is 0.938 bits per heavy atom. The SMILES string of the molecule is COc1ccc(SCCCC(=O)Nc2nc(-c3ccccc3)c(-c3ccccc3)s2)cc1. The van der Waals surface area contributed by atoms with E-state index in [-0.39, 0.29) is 5.91 Å². The molecule has 0 spiro atoms. The Bertz CT molecular complexity index is 1090. The van der Waals surface area contributed by atoms with Crippen molar-refractivity contribution in [2.45, 2.75) is 17.7 Å². The Morgan fingerprint density at radius 2 is 1.59 bits per heavy atom. The smallest absolute Gasteiger partial charge is 0.226 e. The van der Waals surface area contributed by atoms with Crippen LogP contribution in [0, 0.1) is 0 Å². The number of benzene rings is 3. The maximum atomic E-state index is 12.5. The van der Waals surface area contributed by atoms with Gasteiger partial charge in [0, 0.05) is 16.9 Å². The van der Waals surface area contributed by atoms with Gasteiger partial charge in [0.25, 0.3) is 0 Å². The minimum absolute atomic E-state index is 0.00620. The van der Waals surface area contributed by atoms with Crippen LogP contribution in [0.25, 0.3) is 21.7 Å². The number of thioether (sulfide) groups is 1. The van der Waals surface area contributed by atoms with Crippen molar-refractivity contribution >= 4 is 34.1 Å². The summed E-state index contributed by atoms with van der Waals surface area (Å²) in [6.45, 7) is 0. The Morgan fingerprint density at radius 3 is 2.25 bits per heavy atom. The molecule has 1 aromatic heterocycles. The summed E-state index contributed by atoms with van der Waals surface area (Å²) >= 11 is 3.26. The quantitative estimate of drug-likeness (QED) is 0.216. The molecule has 4 aromatic rings. The van der Waals surface area contributed by atoms with Crippen molar-refractivity contribution in [3.63, 3.8) is 0 Å². The lowest BCUT2D eigenvalue weighted by Crippen LogP contribution is -2.11. The van der Waals surface area contributed by atoms with E-state index in [1.54, 1.807) is 18.9 Å². The summed E-state index contributed by atoms with van der Waals surface area (Å²) in [5.41, 5.74) is 3.03. The number of amides is 1. The molecule has 0 saturated heterocycles. The third-order valence-electron chi connectivity index (χ3n) is 4.83. The van der Waals surface area contributed by atoms with E-state index in [2.05, 4.69) is 17.4 Å². The molecule has 1 amide bonds. The van der Waals surface area contributed by atoms with Gasteiger partial charge < -0.3 is 10.1 Å². The van der Waals surface area contributed by atoms with E-state index in [1.807, 2.05) is 72.8 Å². The first-order chi connectivity index (χ1) is 15.7. The number of carbonyl (C=O) groups is 1.